The van der Waals surface area contributed by atoms with Gasteiger partial charge in [0, 0.05) is 24.4 Å². The Balaban J connectivity index is 1.93. The summed E-state index contributed by atoms with van der Waals surface area (Å²) in [6.45, 7) is 6.38. The average molecular weight is 339 g/mol. The quantitative estimate of drug-likeness (QED) is 0.712. The molecule has 0 atom stereocenters. The Labute approximate surface area is 145 Å². The van der Waals surface area contributed by atoms with E-state index in [1.165, 1.54) is 9.36 Å². The molecule has 0 aliphatic carbocycles. The Morgan fingerprint density at radius 3 is 2.56 bits per heavy atom. The molecule has 0 amide bonds. The van der Waals surface area contributed by atoms with Crippen LogP contribution in [0, 0.1) is 13.8 Å². The van der Waals surface area contributed by atoms with Crippen molar-refractivity contribution in [3.05, 3.63) is 63.2 Å². The van der Waals surface area contributed by atoms with Crippen LogP contribution in [0.3, 0.4) is 0 Å². The van der Waals surface area contributed by atoms with E-state index in [9.17, 15) is 4.79 Å². The summed E-state index contributed by atoms with van der Waals surface area (Å²) in [6, 6.07) is 9.56. The smallest absolute Gasteiger partial charge is 0.368 e. The maximum Gasteiger partial charge on any atom is 0.368 e. The van der Waals surface area contributed by atoms with Crippen LogP contribution in [-0.2, 0) is 20.1 Å². The van der Waals surface area contributed by atoms with Crippen LogP contribution in [0.5, 0.6) is 5.88 Å². The summed E-state index contributed by atoms with van der Waals surface area (Å²) >= 11 is 0. The van der Waals surface area contributed by atoms with Crippen LogP contribution < -0.4 is 10.4 Å². The first-order chi connectivity index (χ1) is 12.0. The van der Waals surface area contributed by atoms with Crippen molar-refractivity contribution in [2.75, 3.05) is 0 Å². The van der Waals surface area contributed by atoms with Crippen molar-refractivity contribution in [3.8, 4) is 11.6 Å². The van der Waals surface area contributed by atoms with Crippen LogP contribution in [0.4, 0.5) is 0 Å². The zero-order valence-corrected chi connectivity index (χ0v) is 14.9. The number of tetrazole rings is 1. The molecule has 0 radical (unpaired) electrons. The van der Waals surface area contributed by atoms with Crippen molar-refractivity contribution in [1.82, 2.24) is 24.8 Å². The number of hydrogen-bond donors (Lipinski definition) is 0. The highest BCUT2D eigenvalue weighted by Gasteiger charge is 2.14. The molecule has 3 aromatic rings. The van der Waals surface area contributed by atoms with Crippen molar-refractivity contribution in [1.29, 1.82) is 0 Å². The summed E-state index contributed by atoms with van der Waals surface area (Å²) in [5.41, 5.74) is 4.43. The summed E-state index contributed by atoms with van der Waals surface area (Å²) < 4.78 is 8.38. The molecule has 2 heterocycles. The van der Waals surface area contributed by atoms with Crippen LogP contribution in [0.2, 0.25) is 0 Å². The molecule has 1 aromatic carbocycles. The molecule has 0 bridgehead atoms. The van der Waals surface area contributed by atoms with E-state index in [0.29, 0.717) is 18.2 Å². The molecule has 0 aliphatic heterocycles. The molecule has 7 heteroatoms. The summed E-state index contributed by atoms with van der Waals surface area (Å²) in [7, 11) is 1.57. The van der Waals surface area contributed by atoms with Gasteiger partial charge in [-0.1, -0.05) is 25.1 Å². The van der Waals surface area contributed by atoms with Gasteiger partial charge >= 0.3 is 5.69 Å². The van der Waals surface area contributed by atoms with E-state index in [1.807, 2.05) is 44.2 Å². The first kappa shape index (κ1) is 16.9. The first-order valence-electron chi connectivity index (χ1n) is 8.18. The van der Waals surface area contributed by atoms with Crippen molar-refractivity contribution in [2.24, 2.45) is 7.05 Å². The molecule has 0 spiro atoms. The van der Waals surface area contributed by atoms with Gasteiger partial charge in [0.05, 0.1) is 5.69 Å². The Morgan fingerprint density at radius 2 is 1.88 bits per heavy atom. The summed E-state index contributed by atoms with van der Waals surface area (Å²) in [5.74, 6) is 0.572. The molecule has 0 unspecified atom stereocenters. The predicted octanol–water partition coefficient (Wildman–Crippen LogP) is 2.12. The van der Waals surface area contributed by atoms with Crippen LogP contribution >= 0.6 is 0 Å². The van der Waals surface area contributed by atoms with Gasteiger partial charge in [-0.3, -0.25) is 0 Å². The number of aromatic nitrogens is 5. The highest BCUT2D eigenvalue weighted by molar-refractivity contribution is 5.44. The van der Waals surface area contributed by atoms with Crippen LogP contribution in [0.15, 0.2) is 35.1 Å². The molecule has 0 saturated carbocycles. The van der Waals surface area contributed by atoms with Gasteiger partial charge in [0.25, 0.3) is 0 Å². The molecule has 0 fully saturated rings. The highest BCUT2D eigenvalue weighted by Crippen LogP contribution is 2.20. The second kappa shape index (κ2) is 6.88. The normalized spacial score (nSPS) is 10.9. The van der Waals surface area contributed by atoms with Gasteiger partial charge in [-0.2, -0.15) is 9.36 Å². The van der Waals surface area contributed by atoms with Crippen LogP contribution in [-0.4, -0.2) is 24.8 Å². The standard InChI is InChI=1S/C18H21N5O2/c1-5-15-13(3)9-10-17(19-15)25-11-14-12(2)7-6-8-16(14)23-18(24)22(4)20-21-23/h6-10H,5,11H2,1-4H3. The number of aryl methyl sites for hydroxylation is 4. The molecule has 7 nitrogen and oxygen atoms in total. The van der Waals surface area contributed by atoms with Gasteiger partial charge < -0.3 is 4.74 Å². The molecule has 130 valence electrons. The van der Waals surface area contributed by atoms with Crippen molar-refractivity contribution >= 4 is 0 Å². The molecular weight excluding hydrogens is 318 g/mol. The van der Waals surface area contributed by atoms with Crippen molar-refractivity contribution < 1.29 is 4.74 Å². The number of ether oxygens (including phenoxy) is 1. The summed E-state index contributed by atoms with van der Waals surface area (Å²) in [5, 5.41) is 7.71. The van der Waals surface area contributed by atoms with Crippen molar-refractivity contribution in [3.63, 3.8) is 0 Å². The van der Waals surface area contributed by atoms with Crippen LogP contribution in [0.1, 0.15) is 29.3 Å². The Kier molecular flexibility index (Phi) is 4.65. The fourth-order valence-electron chi connectivity index (χ4n) is 2.67. The van der Waals surface area contributed by atoms with E-state index < -0.39 is 0 Å². The Hall–Kier alpha value is -2.96. The molecule has 3 rings (SSSR count). The van der Waals surface area contributed by atoms with E-state index in [2.05, 4.69) is 22.3 Å². The third-order valence-corrected chi connectivity index (χ3v) is 4.21. The van der Waals surface area contributed by atoms with E-state index in [1.54, 1.807) is 7.05 Å². The monoisotopic (exact) mass is 339 g/mol. The number of rotatable bonds is 5. The first-order valence-corrected chi connectivity index (χ1v) is 8.18. The van der Waals surface area contributed by atoms with E-state index >= 15 is 0 Å². The lowest BCUT2D eigenvalue weighted by Gasteiger charge is -2.13. The number of benzene rings is 1. The number of pyridine rings is 1. The Bertz CT molecular complexity index is 958. The minimum atomic E-state index is -0.298. The lowest BCUT2D eigenvalue weighted by atomic mass is 10.1. The maximum atomic E-state index is 12.2. The summed E-state index contributed by atoms with van der Waals surface area (Å²) in [6.07, 6.45) is 0.855. The topological polar surface area (TPSA) is 74.8 Å². The lowest BCUT2D eigenvalue weighted by molar-refractivity contribution is 0.291. The SMILES string of the molecule is CCc1nc(OCc2c(C)cccc2-n2nnn(C)c2=O)ccc1C. The summed E-state index contributed by atoms with van der Waals surface area (Å²) in [4.78, 5) is 16.7. The third kappa shape index (κ3) is 3.31. The predicted molar refractivity (Wildman–Crippen MR) is 94.0 cm³/mol. The second-order valence-corrected chi connectivity index (χ2v) is 5.92. The average Bonchev–Trinajstić information content (AvgIpc) is 2.94. The van der Waals surface area contributed by atoms with Gasteiger partial charge in [0.15, 0.2) is 0 Å². The maximum absolute atomic E-state index is 12.2. The highest BCUT2D eigenvalue weighted by atomic mass is 16.5. The number of nitrogens with zero attached hydrogens (tertiary/aromatic N) is 5. The fraction of sp³-hybridized carbons (Fsp3) is 0.333. The molecule has 0 saturated heterocycles. The van der Waals surface area contributed by atoms with E-state index in [-0.39, 0.29) is 5.69 Å². The molecule has 0 aliphatic rings. The van der Waals surface area contributed by atoms with Gasteiger partial charge in [-0.25, -0.2) is 9.78 Å². The largest absolute Gasteiger partial charge is 0.473 e. The molecule has 25 heavy (non-hydrogen) atoms. The lowest BCUT2D eigenvalue weighted by Crippen LogP contribution is -2.23. The van der Waals surface area contributed by atoms with Crippen molar-refractivity contribution in [2.45, 2.75) is 33.8 Å². The molecule has 0 N–H and O–H groups in total. The minimum Gasteiger partial charge on any atom is -0.473 e. The second-order valence-electron chi connectivity index (χ2n) is 5.92. The molecule has 2 aromatic heterocycles. The van der Waals surface area contributed by atoms with Gasteiger partial charge in [-0.15, -0.1) is 0 Å². The zero-order chi connectivity index (χ0) is 18.0. The van der Waals surface area contributed by atoms with Crippen LogP contribution in [0.25, 0.3) is 5.69 Å². The van der Waals surface area contributed by atoms with E-state index in [0.717, 1.165) is 28.8 Å². The van der Waals surface area contributed by atoms with Gasteiger partial charge in [0.1, 0.15) is 6.61 Å². The Morgan fingerprint density at radius 1 is 1.08 bits per heavy atom. The van der Waals surface area contributed by atoms with Gasteiger partial charge in [0.2, 0.25) is 5.88 Å². The third-order valence-electron chi connectivity index (χ3n) is 4.21. The minimum absolute atomic E-state index is 0.296. The van der Waals surface area contributed by atoms with Gasteiger partial charge in [-0.05, 0) is 47.9 Å². The number of hydrogen-bond acceptors (Lipinski definition) is 5. The molecular formula is C18H21N5O2. The zero-order valence-electron chi connectivity index (χ0n) is 14.9. The fourth-order valence-corrected chi connectivity index (χ4v) is 2.67. The van der Waals surface area contributed by atoms with E-state index in [4.69, 9.17) is 4.74 Å².